The van der Waals surface area contributed by atoms with Crippen molar-refractivity contribution in [2.24, 2.45) is 0 Å². The summed E-state index contributed by atoms with van der Waals surface area (Å²) in [5.74, 6) is 1.20. The van der Waals surface area contributed by atoms with Gasteiger partial charge in [-0.3, -0.25) is 4.79 Å². The molecule has 0 unspecified atom stereocenters. The molecule has 21 heavy (non-hydrogen) atoms. The molecule has 1 N–H and O–H groups in total. The molecule has 0 saturated carbocycles. The number of hydrogen-bond donors (Lipinski definition) is 1. The van der Waals surface area contributed by atoms with Gasteiger partial charge in [-0.05, 0) is 30.3 Å². The standard InChI is InChI=1S/C16H16BrNO3/c1-20-14-7-2-3-8-15(14)21-10-9-16(19)18-13-6-4-5-12(17)11-13/h2-8,11H,9-10H2,1H3,(H,18,19). The van der Waals surface area contributed by atoms with Gasteiger partial charge in [-0.15, -0.1) is 0 Å². The fraction of sp³-hybridized carbons (Fsp3) is 0.188. The van der Waals surface area contributed by atoms with Gasteiger partial charge in [-0.2, -0.15) is 0 Å². The number of benzene rings is 2. The van der Waals surface area contributed by atoms with Crippen LogP contribution >= 0.6 is 15.9 Å². The van der Waals surface area contributed by atoms with E-state index < -0.39 is 0 Å². The Morgan fingerprint density at radius 3 is 2.62 bits per heavy atom. The second-order valence-electron chi connectivity index (χ2n) is 4.31. The third kappa shape index (κ3) is 4.79. The van der Waals surface area contributed by atoms with Crippen molar-refractivity contribution >= 4 is 27.5 Å². The van der Waals surface area contributed by atoms with E-state index in [4.69, 9.17) is 9.47 Å². The van der Waals surface area contributed by atoms with Gasteiger partial charge >= 0.3 is 0 Å². The third-order valence-electron chi connectivity index (χ3n) is 2.76. The smallest absolute Gasteiger partial charge is 0.227 e. The van der Waals surface area contributed by atoms with Crippen LogP contribution in [0, 0.1) is 0 Å². The van der Waals surface area contributed by atoms with Crippen molar-refractivity contribution < 1.29 is 14.3 Å². The molecule has 4 nitrogen and oxygen atoms in total. The summed E-state index contributed by atoms with van der Waals surface area (Å²) in [5, 5.41) is 2.82. The minimum Gasteiger partial charge on any atom is -0.493 e. The molecule has 110 valence electrons. The molecule has 0 aliphatic heterocycles. The number of carbonyl (C=O) groups is 1. The van der Waals surface area contributed by atoms with E-state index in [2.05, 4.69) is 21.2 Å². The van der Waals surface area contributed by atoms with Gasteiger partial charge in [-0.1, -0.05) is 34.1 Å². The Morgan fingerprint density at radius 1 is 1.14 bits per heavy atom. The number of hydrogen-bond acceptors (Lipinski definition) is 3. The van der Waals surface area contributed by atoms with E-state index >= 15 is 0 Å². The molecular formula is C16H16BrNO3. The monoisotopic (exact) mass is 349 g/mol. The van der Waals surface area contributed by atoms with Crippen LogP contribution < -0.4 is 14.8 Å². The van der Waals surface area contributed by atoms with Crippen molar-refractivity contribution in [1.82, 2.24) is 0 Å². The summed E-state index contributed by atoms with van der Waals surface area (Å²) in [5.41, 5.74) is 0.756. The molecule has 1 amide bonds. The summed E-state index contributed by atoms with van der Waals surface area (Å²) >= 11 is 3.36. The minimum atomic E-state index is -0.0944. The Hall–Kier alpha value is -2.01. The second kappa shape index (κ2) is 7.69. The lowest BCUT2D eigenvalue weighted by atomic mass is 10.3. The molecular weight excluding hydrogens is 334 g/mol. The predicted octanol–water partition coefficient (Wildman–Crippen LogP) is 3.87. The van der Waals surface area contributed by atoms with E-state index in [9.17, 15) is 4.79 Å². The summed E-state index contributed by atoms with van der Waals surface area (Å²) in [6.45, 7) is 0.292. The van der Waals surface area contributed by atoms with Crippen LogP contribution in [0.15, 0.2) is 53.0 Å². The number of para-hydroxylation sites is 2. The number of rotatable bonds is 6. The summed E-state index contributed by atoms with van der Waals surface area (Å²) in [7, 11) is 1.59. The first-order chi connectivity index (χ1) is 10.2. The first kappa shape index (κ1) is 15.4. The Bertz CT molecular complexity index is 616. The number of methoxy groups -OCH3 is 1. The van der Waals surface area contributed by atoms with E-state index in [1.807, 2.05) is 48.5 Å². The van der Waals surface area contributed by atoms with Crippen LogP contribution in [0.25, 0.3) is 0 Å². The molecule has 0 bridgehead atoms. The molecule has 0 aromatic heterocycles. The normalized spacial score (nSPS) is 10.0. The van der Waals surface area contributed by atoms with Crippen molar-refractivity contribution in [2.45, 2.75) is 6.42 Å². The number of ether oxygens (including phenoxy) is 2. The quantitative estimate of drug-likeness (QED) is 0.861. The Morgan fingerprint density at radius 2 is 1.90 bits per heavy atom. The molecule has 2 aromatic carbocycles. The van der Waals surface area contributed by atoms with Crippen LogP contribution in [-0.4, -0.2) is 19.6 Å². The zero-order valence-electron chi connectivity index (χ0n) is 11.6. The van der Waals surface area contributed by atoms with Crippen LogP contribution in [0.3, 0.4) is 0 Å². The van der Waals surface area contributed by atoms with Crippen molar-refractivity contribution in [2.75, 3.05) is 19.0 Å². The van der Waals surface area contributed by atoms with Gasteiger partial charge in [0.2, 0.25) is 5.91 Å². The molecule has 2 aromatic rings. The maximum Gasteiger partial charge on any atom is 0.227 e. The summed E-state index contributed by atoms with van der Waals surface area (Å²) in [4.78, 5) is 11.8. The molecule has 0 spiro atoms. The van der Waals surface area contributed by atoms with Gasteiger partial charge in [0, 0.05) is 10.2 Å². The van der Waals surface area contributed by atoms with Crippen molar-refractivity contribution in [3.63, 3.8) is 0 Å². The van der Waals surface area contributed by atoms with Crippen molar-refractivity contribution in [3.8, 4) is 11.5 Å². The van der Waals surface area contributed by atoms with Crippen LogP contribution in [-0.2, 0) is 4.79 Å². The number of halogens is 1. The van der Waals surface area contributed by atoms with Crippen LogP contribution in [0.1, 0.15) is 6.42 Å². The van der Waals surface area contributed by atoms with Gasteiger partial charge < -0.3 is 14.8 Å². The lowest BCUT2D eigenvalue weighted by molar-refractivity contribution is -0.116. The van der Waals surface area contributed by atoms with Crippen LogP contribution in [0.4, 0.5) is 5.69 Å². The molecule has 0 atom stereocenters. The highest BCUT2D eigenvalue weighted by atomic mass is 79.9. The van der Waals surface area contributed by atoms with E-state index in [1.165, 1.54) is 0 Å². The second-order valence-corrected chi connectivity index (χ2v) is 5.22. The molecule has 0 radical (unpaired) electrons. The highest BCUT2D eigenvalue weighted by Gasteiger charge is 2.06. The highest BCUT2D eigenvalue weighted by molar-refractivity contribution is 9.10. The Balaban J connectivity index is 1.82. The maximum absolute atomic E-state index is 11.8. The summed E-state index contributed by atoms with van der Waals surface area (Å²) < 4.78 is 11.7. The van der Waals surface area contributed by atoms with Gasteiger partial charge in [0.1, 0.15) is 0 Å². The molecule has 5 heteroatoms. The van der Waals surface area contributed by atoms with Crippen molar-refractivity contribution in [1.29, 1.82) is 0 Å². The number of carbonyl (C=O) groups excluding carboxylic acids is 1. The first-order valence-electron chi connectivity index (χ1n) is 6.50. The number of amides is 1. The molecule has 0 aliphatic rings. The zero-order chi connectivity index (χ0) is 15.1. The van der Waals surface area contributed by atoms with E-state index in [1.54, 1.807) is 7.11 Å². The van der Waals surface area contributed by atoms with Gasteiger partial charge in [-0.25, -0.2) is 0 Å². The Kier molecular flexibility index (Phi) is 5.63. The topological polar surface area (TPSA) is 47.6 Å². The summed E-state index contributed by atoms with van der Waals surface area (Å²) in [6.07, 6.45) is 0.268. The lowest BCUT2D eigenvalue weighted by Gasteiger charge is -2.10. The molecule has 2 rings (SSSR count). The van der Waals surface area contributed by atoms with Gasteiger partial charge in [0.25, 0.3) is 0 Å². The van der Waals surface area contributed by atoms with E-state index in [-0.39, 0.29) is 12.3 Å². The average molecular weight is 350 g/mol. The highest BCUT2D eigenvalue weighted by Crippen LogP contribution is 2.25. The lowest BCUT2D eigenvalue weighted by Crippen LogP contribution is -2.15. The van der Waals surface area contributed by atoms with Crippen LogP contribution in [0.5, 0.6) is 11.5 Å². The molecule has 0 aliphatic carbocycles. The fourth-order valence-electron chi connectivity index (χ4n) is 1.78. The SMILES string of the molecule is COc1ccccc1OCCC(=O)Nc1cccc(Br)c1. The maximum atomic E-state index is 11.8. The van der Waals surface area contributed by atoms with Crippen LogP contribution in [0.2, 0.25) is 0 Å². The first-order valence-corrected chi connectivity index (χ1v) is 7.29. The van der Waals surface area contributed by atoms with E-state index in [0.717, 1.165) is 10.2 Å². The molecule has 0 saturated heterocycles. The number of anilines is 1. The molecule has 0 heterocycles. The molecule has 0 fully saturated rings. The Labute approximate surface area is 132 Å². The average Bonchev–Trinajstić information content (AvgIpc) is 2.47. The predicted molar refractivity (Wildman–Crippen MR) is 85.9 cm³/mol. The van der Waals surface area contributed by atoms with Gasteiger partial charge in [0.15, 0.2) is 11.5 Å². The summed E-state index contributed by atoms with van der Waals surface area (Å²) in [6, 6.07) is 14.8. The third-order valence-corrected chi connectivity index (χ3v) is 3.26. The minimum absolute atomic E-state index is 0.0944. The zero-order valence-corrected chi connectivity index (χ0v) is 13.2. The van der Waals surface area contributed by atoms with Gasteiger partial charge in [0.05, 0.1) is 20.1 Å². The number of nitrogens with one attached hydrogen (secondary N) is 1. The van der Waals surface area contributed by atoms with E-state index in [0.29, 0.717) is 18.1 Å². The fourth-order valence-corrected chi connectivity index (χ4v) is 2.18. The largest absolute Gasteiger partial charge is 0.493 e. The van der Waals surface area contributed by atoms with Crippen molar-refractivity contribution in [3.05, 3.63) is 53.0 Å².